The van der Waals surface area contributed by atoms with Crippen LogP contribution in [0.5, 0.6) is 0 Å². The molecule has 2 rings (SSSR count). The Morgan fingerprint density at radius 1 is 1.12 bits per heavy atom. The predicted molar refractivity (Wildman–Crippen MR) is 64.6 cm³/mol. The molecule has 0 spiro atoms. The number of ether oxygens (including phenoxy) is 2. The van der Waals surface area contributed by atoms with Crippen LogP contribution >= 0.6 is 0 Å². The fourth-order valence-corrected chi connectivity index (χ4v) is 2.65. The zero-order valence-corrected chi connectivity index (χ0v) is 10.4. The lowest BCUT2D eigenvalue weighted by Crippen LogP contribution is -2.47. The zero-order chi connectivity index (χ0) is 11.2. The molecule has 3 heteroatoms. The van der Waals surface area contributed by atoms with Crippen molar-refractivity contribution in [2.24, 2.45) is 0 Å². The van der Waals surface area contributed by atoms with Crippen LogP contribution in [0.2, 0.25) is 0 Å². The third-order valence-electron chi connectivity index (χ3n) is 3.64. The van der Waals surface area contributed by atoms with Gasteiger partial charge in [0.1, 0.15) is 6.10 Å². The molecule has 1 saturated carbocycles. The molecule has 1 saturated heterocycles. The average molecular weight is 227 g/mol. The summed E-state index contributed by atoms with van der Waals surface area (Å²) in [5, 5.41) is 3.59. The topological polar surface area (TPSA) is 30.5 Å². The van der Waals surface area contributed by atoms with Gasteiger partial charge in [0.15, 0.2) is 0 Å². The number of nitrogens with one attached hydrogen (secondary N) is 1. The minimum atomic E-state index is 0.366. The first-order chi connectivity index (χ1) is 7.90. The molecule has 0 aromatic heterocycles. The third-order valence-corrected chi connectivity index (χ3v) is 3.64. The highest BCUT2D eigenvalue weighted by Gasteiger charge is 2.28. The van der Waals surface area contributed by atoms with E-state index in [2.05, 4.69) is 12.2 Å². The van der Waals surface area contributed by atoms with Gasteiger partial charge in [-0.05, 0) is 19.4 Å². The Kier molecular flexibility index (Phi) is 5.07. The van der Waals surface area contributed by atoms with E-state index in [1.807, 2.05) is 0 Å². The summed E-state index contributed by atoms with van der Waals surface area (Å²) >= 11 is 0. The van der Waals surface area contributed by atoms with E-state index < -0.39 is 0 Å². The Morgan fingerprint density at radius 3 is 2.50 bits per heavy atom. The highest BCUT2D eigenvalue weighted by molar-refractivity contribution is 4.81. The molecule has 0 bridgehead atoms. The van der Waals surface area contributed by atoms with Gasteiger partial charge in [0, 0.05) is 6.04 Å². The summed E-state index contributed by atoms with van der Waals surface area (Å²) in [5.74, 6) is 0. The van der Waals surface area contributed by atoms with Gasteiger partial charge in [0.05, 0.1) is 19.3 Å². The van der Waals surface area contributed by atoms with Crippen LogP contribution in [0.1, 0.15) is 45.4 Å². The highest BCUT2D eigenvalue weighted by atomic mass is 16.6. The molecule has 0 aromatic carbocycles. The molecule has 1 N–H and O–H groups in total. The normalized spacial score (nSPS) is 32.8. The molecule has 2 aliphatic rings. The molecule has 3 nitrogen and oxygen atoms in total. The quantitative estimate of drug-likeness (QED) is 0.798. The molecule has 0 amide bonds. The second-order valence-electron chi connectivity index (χ2n) is 4.99. The summed E-state index contributed by atoms with van der Waals surface area (Å²) in [6, 6.07) is 0.561. The van der Waals surface area contributed by atoms with Gasteiger partial charge in [0.2, 0.25) is 0 Å². The minimum Gasteiger partial charge on any atom is -0.376 e. The van der Waals surface area contributed by atoms with Gasteiger partial charge in [-0.1, -0.05) is 32.6 Å². The van der Waals surface area contributed by atoms with Crippen molar-refractivity contribution in [2.45, 2.75) is 63.7 Å². The van der Waals surface area contributed by atoms with Crippen molar-refractivity contribution in [1.29, 1.82) is 0 Å². The van der Waals surface area contributed by atoms with Crippen LogP contribution in [-0.4, -0.2) is 38.0 Å². The van der Waals surface area contributed by atoms with Gasteiger partial charge in [-0.3, -0.25) is 0 Å². The molecule has 94 valence electrons. The Morgan fingerprint density at radius 2 is 1.88 bits per heavy atom. The fourth-order valence-electron chi connectivity index (χ4n) is 2.65. The SMILES string of the molecule is CCNC1CCCCCCC1OC1COC1. The maximum absolute atomic E-state index is 6.14. The molecular weight excluding hydrogens is 202 g/mol. The number of hydrogen-bond acceptors (Lipinski definition) is 3. The van der Waals surface area contributed by atoms with Crippen LogP contribution in [0.4, 0.5) is 0 Å². The van der Waals surface area contributed by atoms with E-state index >= 15 is 0 Å². The van der Waals surface area contributed by atoms with Crippen molar-refractivity contribution in [3.8, 4) is 0 Å². The molecule has 0 radical (unpaired) electrons. The lowest BCUT2D eigenvalue weighted by Gasteiger charge is -2.36. The number of rotatable bonds is 4. The lowest BCUT2D eigenvalue weighted by molar-refractivity contribution is -0.163. The van der Waals surface area contributed by atoms with E-state index in [0.717, 1.165) is 19.8 Å². The van der Waals surface area contributed by atoms with Crippen molar-refractivity contribution in [2.75, 3.05) is 19.8 Å². The van der Waals surface area contributed by atoms with Gasteiger partial charge >= 0.3 is 0 Å². The van der Waals surface area contributed by atoms with E-state index in [1.165, 1.54) is 38.5 Å². The molecule has 2 atom stereocenters. The first-order valence-corrected chi connectivity index (χ1v) is 6.86. The summed E-state index contributed by atoms with van der Waals surface area (Å²) < 4.78 is 11.3. The van der Waals surface area contributed by atoms with E-state index in [1.54, 1.807) is 0 Å². The fraction of sp³-hybridized carbons (Fsp3) is 1.00. The van der Waals surface area contributed by atoms with Crippen LogP contribution in [0.3, 0.4) is 0 Å². The molecule has 2 unspecified atom stereocenters. The lowest BCUT2D eigenvalue weighted by atomic mass is 9.94. The maximum Gasteiger partial charge on any atom is 0.105 e. The van der Waals surface area contributed by atoms with Crippen molar-refractivity contribution in [1.82, 2.24) is 5.32 Å². The largest absolute Gasteiger partial charge is 0.376 e. The molecule has 1 heterocycles. The van der Waals surface area contributed by atoms with E-state index in [0.29, 0.717) is 18.2 Å². The van der Waals surface area contributed by atoms with Crippen molar-refractivity contribution < 1.29 is 9.47 Å². The van der Waals surface area contributed by atoms with E-state index in [-0.39, 0.29) is 0 Å². The first-order valence-electron chi connectivity index (χ1n) is 6.86. The molecular formula is C13H25NO2. The molecule has 16 heavy (non-hydrogen) atoms. The van der Waals surface area contributed by atoms with Gasteiger partial charge in [-0.25, -0.2) is 0 Å². The van der Waals surface area contributed by atoms with Gasteiger partial charge < -0.3 is 14.8 Å². The smallest absolute Gasteiger partial charge is 0.105 e. The van der Waals surface area contributed by atoms with Gasteiger partial charge in [-0.2, -0.15) is 0 Å². The predicted octanol–water partition coefficient (Wildman–Crippen LogP) is 2.10. The van der Waals surface area contributed by atoms with E-state index in [9.17, 15) is 0 Å². The first kappa shape index (κ1) is 12.3. The van der Waals surface area contributed by atoms with Crippen LogP contribution in [-0.2, 0) is 9.47 Å². The Hall–Kier alpha value is -0.120. The monoisotopic (exact) mass is 227 g/mol. The summed E-state index contributed by atoms with van der Waals surface area (Å²) in [7, 11) is 0. The Labute approximate surface area is 98.9 Å². The summed E-state index contributed by atoms with van der Waals surface area (Å²) in [6.07, 6.45) is 8.69. The third kappa shape index (κ3) is 3.44. The minimum absolute atomic E-state index is 0.366. The maximum atomic E-state index is 6.14. The highest BCUT2D eigenvalue weighted by Crippen LogP contribution is 2.22. The zero-order valence-electron chi connectivity index (χ0n) is 10.4. The molecule has 2 fully saturated rings. The second kappa shape index (κ2) is 6.58. The summed E-state index contributed by atoms with van der Waals surface area (Å²) in [6.45, 7) is 4.83. The van der Waals surface area contributed by atoms with Gasteiger partial charge in [-0.15, -0.1) is 0 Å². The van der Waals surface area contributed by atoms with Gasteiger partial charge in [0.25, 0.3) is 0 Å². The Bertz CT molecular complexity index is 194. The standard InChI is InChI=1S/C13H25NO2/c1-2-14-12-7-5-3-4-6-8-13(12)16-11-9-15-10-11/h11-14H,2-10H2,1H3. The van der Waals surface area contributed by atoms with Crippen LogP contribution in [0, 0.1) is 0 Å². The average Bonchev–Trinajstić information content (AvgIpc) is 2.19. The molecule has 0 aromatic rings. The number of likely N-dealkylation sites (N-methyl/N-ethyl adjacent to an activating group) is 1. The summed E-state index contributed by atoms with van der Waals surface area (Å²) in [5.41, 5.74) is 0. The molecule has 1 aliphatic carbocycles. The van der Waals surface area contributed by atoms with E-state index in [4.69, 9.17) is 9.47 Å². The molecule has 1 aliphatic heterocycles. The Balaban J connectivity index is 1.84. The van der Waals surface area contributed by atoms with Crippen molar-refractivity contribution in [3.05, 3.63) is 0 Å². The van der Waals surface area contributed by atoms with Crippen LogP contribution < -0.4 is 5.32 Å². The van der Waals surface area contributed by atoms with Crippen molar-refractivity contribution >= 4 is 0 Å². The summed E-state index contributed by atoms with van der Waals surface area (Å²) in [4.78, 5) is 0. The second-order valence-corrected chi connectivity index (χ2v) is 4.99. The van der Waals surface area contributed by atoms with Crippen molar-refractivity contribution in [3.63, 3.8) is 0 Å². The van der Waals surface area contributed by atoms with Crippen LogP contribution in [0.25, 0.3) is 0 Å². The number of hydrogen-bond donors (Lipinski definition) is 1. The van der Waals surface area contributed by atoms with Crippen LogP contribution in [0.15, 0.2) is 0 Å².